The van der Waals surface area contributed by atoms with Crippen molar-refractivity contribution >= 4 is 17.9 Å². The van der Waals surface area contributed by atoms with E-state index in [9.17, 15) is 14.4 Å². The minimum absolute atomic E-state index is 0.0860. The van der Waals surface area contributed by atoms with Crippen molar-refractivity contribution < 1.29 is 28.6 Å². The Bertz CT molecular complexity index is 1570. The molecule has 0 heterocycles. The van der Waals surface area contributed by atoms with E-state index >= 15 is 0 Å². The standard InChI is InChI=1S/C72H122O6/c1-4-7-10-13-16-19-22-25-27-29-31-32-33-34-35-36-37-38-39-40-42-43-45-47-50-53-56-59-62-65-71(74)77-68-69(67-76-70(73)64-61-58-55-52-49-24-21-18-15-12-9-6-3)78-72(75)66-63-60-57-54-51-48-46-44-41-30-28-26-23-20-17-14-11-8-5-2/h7,10,16-21,25-28,31-32,34-35,41,44,69H,4-6,8-9,11-15,22-24,29-30,33,36-40,42-43,45-68H2,1-3H3/b10-7-,19-16-,20-17-,21-18-,27-25-,28-26-,32-31-,35-34-,44-41-. The van der Waals surface area contributed by atoms with Crippen LogP contribution < -0.4 is 0 Å². The highest BCUT2D eigenvalue weighted by Gasteiger charge is 2.19. The first-order chi connectivity index (χ1) is 38.5. The Morgan fingerprint density at radius 1 is 0.269 bits per heavy atom. The molecule has 6 heteroatoms. The van der Waals surface area contributed by atoms with Crippen molar-refractivity contribution in [2.75, 3.05) is 13.2 Å². The Morgan fingerprint density at radius 3 is 0.795 bits per heavy atom. The second kappa shape index (κ2) is 65.6. The van der Waals surface area contributed by atoms with Gasteiger partial charge in [-0.3, -0.25) is 14.4 Å². The third-order valence-electron chi connectivity index (χ3n) is 14.0. The summed E-state index contributed by atoms with van der Waals surface area (Å²) in [5.41, 5.74) is 0. The van der Waals surface area contributed by atoms with E-state index in [1.807, 2.05) is 0 Å². The molecule has 0 saturated carbocycles. The van der Waals surface area contributed by atoms with Gasteiger partial charge in [0.1, 0.15) is 13.2 Å². The number of hydrogen-bond donors (Lipinski definition) is 0. The van der Waals surface area contributed by atoms with Crippen molar-refractivity contribution in [2.45, 2.75) is 316 Å². The van der Waals surface area contributed by atoms with Gasteiger partial charge in [-0.2, -0.15) is 0 Å². The fourth-order valence-electron chi connectivity index (χ4n) is 9.06. The molecule has 1 unspecified atom stereocenters. The molecule has 0 radical (unpaired) electrons. The molecule has 0 aliphatic heterocycles. The van der Waals surface area contributed by atoms with Crippen molar-refractivity contribution in [2.24, 2.45) is 0 Å². The van der Waals surface area contributed by atoms with E-state index in [2.05, 4.69) is 130 Å². The lowest BCUT2D eigenvalue weighted by Gasteiger charge is -2.18. The van der Waals surface area contributed by atoms with Gasteiger partial charge in [0.15, 0.2) is 6.10 Å². The minimum atomic E-state index is -0.790. The predicted molar refractivity (Wildman–Crippen MR) is 339 cm³/mol. The lowest BCUT2D eigenvalue weighted by Crippen LogP contribution is -2.30. The van der Waals surface area contributed by atoms with Crippen LogP contribution in [0.4, 0.5) is 0 Å². The van der Waals surface area contributed by atoms with Gasteiger partial charge in [-0.25, -0.2) is 0 Å². The maximum atomic E-state index is 12.9. The Balaban J connectivity index is 4.28. The number of esters is 3. The number of allylic oxidation sites excluding steroid dienone is 18. The average molecular weight is 1080 g/mol. The van der Waals surface area contributed by atoms with Crippen LogP contribution in [0.25, 0.3) is 0 Å². The second-order valence-electron chi connectivity index (χ2n) is 21.6. The summed E-state index contributed by atoms with van der Waals surface area (Å²) in [6, 6.07) is 0. The largest absolute Gasteiger partial charge is 0.462 e. The maximum Gasteiger partial charge on any atom is 0.306 e. The Hall–Kier alpha value is -3.93. The van der Waals surface area contributed by atoms with Crippen molar-refractivity contribution in [3.63, 3.8) is 0 Å². The topological polar surface area (TPSA) is 78.9 Å². The van der Waals surface area contributed by atoms with Gasteiger partial charge in [-0.1, -0.05) is 271 Å². The molecule has 0 N–H and O–H groups in total. The molecular weight excluding hydrogens is 961 g/mol. The quantitative estimate of drug-likeness (QED) is 0.0261. The molecule has 78 heavy (non-hydrogen) atoms. The smallest absolute Gasteiger partial charge is 0.306 e. The highest BCUT2D eigenvalue weighted by atomic mass is 16.6. The highest BCUT2D eigenvalue weighted by molar-refractivity contribution is 5.71. The zero-order chi connectivity index (χ0) is 56.4. The SMILES string of the molecule is CC/C=C\C/C=C\C/C=C\C/C=C\C/C=C\CCCCCCCCCCCCCCCC(=O)OCC(COC(=O)CCCCCCC/C=C\CCCCC)OC(=O)CCCCCCCC/C=C\C/C=C\C/C=C\CCCCC. The molecular formula is C72H122O6. The number of carbonyl (C=O) groups is 3. The molecule has 1 atom stereocenters. The summed E-state index contributed by atoms with van der Waals surface area (Å²) >= 11 is 0. The molecule has 0 amide bonds. The molecule has 6 nitrogen and oxygen atoms in total. The van der Waals surface area contributed by atoms with Gasteiger partial charge in [-0.05, 0) is 128 Å². The summed E-state index contributed by atoms with van der Waals surface area (Å²) in [6.07, 6.45) is 89.5. The van der Waals surface area contributed by atoms with Gasteiger partial charge in [0.2, 0.25) is 0 Å². The van der Waals surface area contributed by atoms with Gasteiger partial charge in [0.25, 0.3) is 0 Å². The first-order valence-corrected chi connectivity index (χ1v) is 32.9. The zero-order valence-electron chi connectivity index (χ0n) is 51.2. The maximum absolute atomic E-state index is 12.9. The fraction of sp³-hybridized carbons (Fsp3) is 0.708. The van der Waals surface area contributed by atoms with Crippen LogP contribution in [-0.2, 0) is 28.6 Å². The van der Waals surface area contributed by atoms with Crippen LogP contribution in [0.3, 0.4) is 0 Å². The normalized spacial score (nSPS) is 12.8. The molecule has 446 valence electrons. The van der Waals surface area contributed by atoms with Crippen molar-refractivity contribution in [1.29, 1.82) is 0 Å². The number of ether oxygens (including phenoxy) is 3. The number of hydrogen-bond acceptors (Lipinski definition) is 6. The summed E-state index contributed by atoms with van der Waals surface area (Å²) in [6.45, 7) is 6.48. The summed E-state index contributed by atoms with van der Waals surface area (Å²) in [4.78, 5) is 38.3. The third kappa shape index (κ3) is 62.9. The van der Waals surface area contributed by atoms with E-state index in [1.54, 1.807) is 0 Å². The van der Waals surface area contributed by atoms with E-state index in [0.29, 0.717) is 19.3 Å². The van der Waals surface area contributed by atoms with Gasteiger partial charge in [0, 0.05) is 19.3 Å². The van der Waals surface area contributed by atoms with Crippen LogP contribution in [0.1, 0.15) is 310 Å². The predicted octanol–water partition coefficient (Wildman–Crippen LogP) is 22.6. The van der Waals surface area contributed by atoms with Crippen molar-refractivity contribution in [1.82, 2.24) is 0 Å². The molecule has 0 aromatic carbocycles. The van der Waals surface area contributed by atoms with Crippen molar-refractivity contribution in [3.8, 4) is 0 Å². The molecule has 0 rings (SSSR count). The molecule has 0 aliphatic carbocycles. The monoisotopic (exact) mass is 1080 g/mol. The van der Waals surface area contributed by atoms with Crippen LogP contribution in [0.2, 0.25) is 0 Å². The van der Waals surface area contributed by atoms with E-state index in [0.717, 1.165) is 122 Å². The van der Waals surface area contributed by atoms with Crippen LogP contribution >= 0.6 is 0 Å². The molecule has 0 aromatic heterocycles. The molecule has 0 aromatic rings. The third-order valence-corrected chi connectivity index (χ3v) is 14.0. The van der Waals surface area contributed by atoms with Gasteiger partial charge < -0.3 is 14.2 Å². The van der Waals surface area contributed by atoms with Gasteiger partial charge in [0.05, 0.1) is 0 Å². The second-order valence-corrected chi connectivity index (χ2v) is 21.6. The van der Waals surface area contributed by atoms with E-state index < -0.39 is 6.10 Å². The molecule has 0 aliphatic rings. The summed E-state index contributed by atoms with van der Waals surface area (Å²) in [7, 11) is 0. The Labute approximate surface area is 482 Å². The molecule has 0 spiro atoms. The average Bonchev–Trinajstić information content (AvgIpc) is 3.44. The number of carbonyl (C=O) groups excluding carboxylic acids is 3. The fourth-order valence-corrected chi connectivity index (χ4v) is 9.06. The highest BCUT2D eigenvalue weighted by Crippen LogP contribution is 2.16. The molecule has 0 saturated heterocycles. The Kier molecular flexibility index (Phi) is 62.3. The lowest BCUT2D eigenvalue weighted by molar-refractivity contribution is -0.167. The van der Waals surface area contributed by atoms with Crippen LogP contribution in [0.15, 0.2) is 109 Å². The van der Waals surface area contributed by atoms with Crippen LogP contribution in [0.5, 0.6) is 0 Å². The number of unbranched alkanes of at least 4 members (excludes halogenated alkanes) is 30. The lowest BCUT2D eigenvalue weighted by atomic mass is 10.0. The van der Waals surface area contributed by atoms with E-state index in [-0.39, 0.29) is 31.1 Å². The zero-order valence-corrected chi connectivity index (χ0v) is 51.2. The van der Waals surface area contributed by atoms with Crippen LogP contribution in [-0.4, -0.2) is 37.2 Å². The first-order valence-electron chi connectivity index (χ1n) is 32.9. The first kappa shape index (κ1) is 74.1. The van der Waals surface area contributed by atoms with E-state index in [4.69, 9.17) is 14.2 Å². The minimum Gasteiger partial charge on any atom is -0.462 e. The summed E-state index contributed by atoms with van der Waals surface area (Å²) < 4.78 is 16.9. The van der Waals surface area contributed by atoms with Crippen molar-refractivity contribution in [3.05, 3.63) is 109 Å². The van der Waals surface area contributed by atoms with Crippen LogP contribution in [0, 0.1) is 0 Å². The van der Waals surface area contributed by atoms with Gasteiger partial charge >= 0.3 is 17.9 Å². The molecule has 0 fully saturated rings. The number of rotatable bonds is 59. The Morgan fingerprint density at radius 2 is 0.500 bits per heavy atom. The summed E-state index contributed by atoms with van der Waals surface area (Å²) in [5, 5.41) is 0. The van der Waals surface area contributed by atoms with E-state index in [1.165, 1.54) is 148 Å². The molecule has 0 bridgehead atoms. The summed E-state index contributed by atoms with van der Waals surface area (Å²) in [5.74, 6) is -0.901. The van der Waals surface area contributed by atoms with Gasteiger partial charge in [-0.15, -0.1) is 0 Å².